The maximum absolute atomic E-state index is 12.5. The van der Waals surface area contributed by atoms with Crippen LogP contribution in [0.25, 0.3) is 6.08 Å². The van der Waals surface area contributed by atoms with Crippen LogP contribution >= 0.6 is 11.3 Å². The third-order valence-corrected chi connectivity index (χ3v) is 6.29. The number of carbonyl (C=O) groups is 3. The van der Waals surface area contributed by atoms with E-state index in [1.807, 2.05) is 0 Å². The second kappa shape index (κ2) is 10.9. The lowest BCUT2D eigenvalue weighted by Gasteiger charge is -2.18. The Labute approximate surface area is 191 Å². The van der Waals surface area contributed by atoms with Gasteiger partial charge in [-0.2, -0.15) is 0 Å². The molecule has 0 saturated carbocycles. The van der Waals surface area contributed by atoms with Crippen molar-refractivity contribution in [3.8, 4) is 5.75 Å². The van der Waals surface area contributed by atoms with Gasteiger partial charge in [0.25, 0.3) is 5.91 Å². The van der Waals surface area contributed by atoms with E-state index in [1.54, 1.807) is 44.4 Å². The minimum Gasteiger partial charge on any atom is -0.497 e. The Morgan fingerprint density at radius 3 is 2.62 bits per heavy atom. The summed E-state index contributed by atoms with van der Waals surface area (Å²) in [5.74, 6) is -0.338. The zero-order chi connectivity index (χ0) is 23.1. The fourth-order valence-corrected chi connectivity index (χ4v) is 4.90. The molecule has 1 atom stereocenters. The van der Waals surface area contributed by atoms with Gasteiger partial charge in [0.1, 0.15) is 10.8 Å². The molecule has 7 nitrogen and oxygen atoms in total. The number of anilines is 1. The van der Waals surface area contributed by atoms with E-state index in [4.69, 9.17) is 14.2 Å². The van der Waals surface area contributed by atoms with E-state index in [2.05, 4.69) is 12.2 Å². The Morgan fingerprint density at radius 2 is 1.94 bits per heavy atom. The molecule has 8 heteroatoms. The maximum atomic E-state index is 12.5. The number of rotatable bonds is 8. The van der Waals surface area contributed by atoms with Gasteiger partial charge in [0.2, 0.25) is 0 Å². The fraction of sp³-hybridized carbons (Fsp3) is 0.375. The number of carbonyl (C=O) groups excluding carboxylic acids is 3. The van der Waals surface area contributed by atoms with Crippen molar-refractivity contribution in [2.24, 2.45) is 5.92 Å². The second-order valence-corrected chi connectivity index (χ2v) is 8.64. The van der Waals surface area contributed by atoms with Crippen molar-refractivity contribution in [1.82, 2.24) is 0 Å². The van der Waals surface area contributed by atoms with Crippen LogP contribution in [0.1, 0.15) is 46.6 Å². The molecule has 2 aromatic rings. The van der Waals surface area contributed by atoms with Crippen LogP contribution in [-0.4, -0.2) is 38.2 Å². The van der Waals surface area contributed by atoms with E-state index in [0.29, 0.717) is 22.2 Å². The SMILES string of the molecule is CCOC(=O)c1c(NC(=O)COC(=O)/C=C/c2ccc(OC)cc2)sc2c1CCC(C)C2. The molecule has 1 aliphatic rings. The van der Waals surface area contributed by atoms with Crippen LogP contribution in [0.3, 0.4) is 0 Å². The average molecular weight is 458 g/mol. The Balaban J connectivity index is 1.61. The predicted octanol–water partition coefficient (Wildman–Crippen LogP) is 4.25. The molecule has 1 N–H and O–H groups in total. The first-order chi connectivity index (χ1) is 15.4. The fourth-order valence-electron chi connectivity index (χ4n) is 3.48. The topological polar surface area (TPSA) is 90.9 Å². The summed E-state index contributed by atoms with van der Waals surface area (Å²) in [6.45, 7) is 3.72. The van der Waals surface area contributed by atoms with E-state index >= 15 is 0 Å². The Kier molecular flexibility index (Phi) is 8.05. The van der Waals surface area contributed by atoms with E-state index in [-0.39, 0.29) is 6.61 Å². The van der Waals surface area contributed by atoms with Gasteiger partial charge in [0, 0.05) is 11.0 Å². The molecule has 1 aliphatic carbocycles. The first-order valence-electron chi connectivity index (χ1n) is 10.5. The number of esters is 2. The number of fused-ring (bicyclic) bond motifs is 1. The second-order valence-electron chi connectivity index (χ2n) is 7.54. The normalized spacial score (nSPS) is 15.2. The number of benzene rings is 1. The van der Waals surface area contributed by atoms with Gasteiger partial charge in [0.05, 0.1) is 19.3 Å². The molecule has 0 fully saturated rings. The zero-order valence-corrected chi connectivity index (χ0v) is 19.3. The highest BCUT2D eigenvalue weighted by Crippen LogP contribution is 2.40. The van der Waals surface area contributed by atoms with Gasteiger partial charge >= 0.3 is 11.9 Å². The van der Waals surface area contributed by atoms with Crippen LogP contribution in [0.15, 0.2) is 30.3 Å². The van der Waals surface area contributed by atoms with Crippen LogP contribution in [0.4, 0.5) is 5.00 Å². The van der Waals surface area contributed by atoms with Crippen molar-refractivity contribution in [1.29, 1.82) is 0 Å². The highest BCUT2D eigenvalue weighted by atomic mass is 32.1. The first kappa shape index (κ1) is 23.5. The summed E-state index contributed by atoms with van der Waals surface area (Å²) in [4.78, 5) is 38.0. The molecule has 1 aromatic carbocycles. The third-order valence-electron chi connectivity index (χ3n) is 5.12. The largest absolute Gasteiger partial charge is 0.497 e. The van der Waals surface area contributed by atoms with Gasteiger partial charge in [-0.25, -0.2) is 9.59 Å². The summed E-state index contributed by atoms with van der Waals surface area (Å²) in [6, 6.07) is 7.15. The van der Waals surface area contributed by atoms with E-state index in [0.717, 1.165) is 35.3 Å². The lowest BCUT2D eigenvalue weighted by atomic mass is 9.88. The average Bonchev–Trinajstić information content (AvgIpc) is 3.13. The van der Waals surface area contributed by atoms with Crippen LogP contribution in [0.2, 0.25) is 0 Å². The summed E-state index contributed by atoms with van der Waals surface area (Å²) in [5, 5.41) is 3.18. The molecule has 1 heterocycles. The Hall–Kier alpha value is -3.13. The standard InChI is InChI=1S/C24H27NO6S/c1-4-30-24(28)22-18-11-5-15(2)13-19(18)32-23(22)25-20(26)14-31-21(27)12-8-16-6-9-17(29-3)10-7-16/h6-10,12,15H,4-5,11,13-14H2,1-3H3,(H,25,26)/b12-8+. The van der Waals surface area contributed by atoms with Crippen molar-refractivity contribution in [3.05, 3.63) is 51.9 Å². The van der Waals surface area contributed by atoms with Gasteiger partial charge in [-0.3, -0.25) is 4.79 Å². The monoisotopic (exact) mass is 457 g/mol. The number of thiophene rings is 1. The minimum absolute atomic E-state index is 0.255. The van der Waals surface area contributed by atoms with Gasteiger partial charge in [-0.05, 0) is 61.4 Å². The Bertz CT molecular complexity index is 1010. The van der Waals surface area contributed by atoms with Gasteiger partial charge in [0.15, 0.2) is 6.61 Å². The quantitative estimate of drug-likeness (QED) is 0.471. The first-order valence-corrected chi connectivity index (χ1v) is 11.3. The van der Waals surface area contributed by atoms with Crippen molar-refractivity contribution >= 4 is 40.3 Å². The summed E-state index contributed by atoms with van der Waals surface area (Å²) in [5.41, 5.74) is 2.18. The number of hydrogen-bond donors (Lipinski definition) is 1. The molecule has 0 radical (unpaired) electrons. The zero-order valence-electron chi connectivity index (χ0n) is 18.4. The summed E-state index contributed by atoms with van der Waals surface area (Å²) in [6.07, 6.45) is 5.48. The molecule has 0 saturated heterocycles. The number of nitrogens with one attached hydrogen (secondary N) is 1. The van der Waals surface area contributed by atoms with Crippen LogP contribution in [-0.2, 0) is 31.9 Å². The lowest BCUT2D eigenvalue weighted by molar-refractivity contribution is -0.142. The molecule has 0 aliphatic heterocycles. The van der Waals surface area contributed by atoms with Gasteiger partial charge in [-0.1, -0.05) is 19.1 Å². The number of amides is 1. The molecule has 1 aromatic heterocycles. The summed E-state index contributed by atoms with van der Waals surface area (Å²) < 4.78 is 15.3. The number of ether oxygens (including phenoxy) is 3. The molecule has 1 unspecified atom stereocenters. The number of hydrogen-bond acceptors (Lipinski definition) is 7. The van der Waals surface area contributed by atoms with Gasteiger partial charge in [-0.15, -0.1) is 11.3 Å². The van der Waals surface area contributed by atoms with Crippen LogP contribution < -0.4 is 10.1 Å². The van der Waals surface area contributed by atoms with Crippen LogP contribution in [0.5, 0.6) is 5.75 Å². The summed E-state index contributed by atoms with van der Waals surface area (Å²) in [7, 11) is 1.58. The molecule has 1 amide bonds. The molecule has 32 heavy (non-hydrogen) atoms. The molecular formula is C24H27NO6S. The molecule has 0 spiro atoms. The molecule has 3 rings (SSSR count). The Morgan fingerprint density at radius 1 is 1.19 bits per heavy atom. The van der Waals surface area contributed by atoms with E-state index < -0.39 is 24.5 Å². The van der Waals surface area contributed by atoms with E-state index in [1.165, 1.54) is 17.4 Å². The highest BCUT2D eigenvalue weighted by molar-refractivity contribution is 7.17. The van der Waals surface area contributed by atoms with Crippen molar-refractivity contribution in [2.75, 3.05) is 25.6 Å². The highest BCUT2D eigenvalue weighted by Gasteiger charge is 2.29. The van der Waals surface area contributed by atoms with Crippen molar-refractivity contribution in [3.63, 3.8) is 0 Å². The molecule has 0 bridgehead atoms. The predicted molar refractivity (Wildman–Crippen MR) is 123 cm³/mol. The van der Waals surface area contributed by atoms with Crippen molar-refractivity contribution in [2.45, 2.75) is 33.1 Å². The molecule has 170 valence electrons. The molecular weight excluding hydrogens is 430 g/mol. The summed E-state index contributed by atoms with van der Waals surface area (Å²) >= 11 is 1.40. The smallest absolute Gasteiger partial charge is 0.341 e. The van der Waals surface area contributed by atoms with Crippen molar-refractivity contribution < 1.29 is 28.6 Å². The maximum Gasteiger partial charge on any atom is 0.341 e. The minimum atomic E-state index is -0.638. The third kappa shape index (κ3) is 5.97. The lowest BCUT2D eigenvalue weighted by Crippen LogP contribution is -2.21. The number of methoxy groups -OCH3 is 1. The van der Waals surface area contributed by atoms with Crippen LogP contribution in [0, 0.1) is 5.92 Å². The van der Waals surface area contributed by atoms with Gasteiger partial charge < -0.3 is 19.5 Å². The van der Waals surface area contributed by atoms with E-state index in [9.17, 15) is 14.4 Å².